The van der Waals surface area contributed by atoms with E-state index in [1.807, 2.05) is 25.8 Å². The van der Waals surface area contributed by atoms with Crippen LogP contribution in [0.2, 0.25) is 0 Å². The van der Waals surface area contributed by atoms with Gasteiger partial charge in [-0.1, -0.05) is 13.8 Å². The SMILES string of the molecule is CCN(C)C=Nc1cc(C#N)c(OCCCC(C)C)nc1C. The highest BCUT2D eigenvalue weighted by atomic mass is 16.5. The molecular weight excluding hydrogens is 276 g/mol. The quantitative estimate of drug-likeness (QED) is 0.417. The highest BCUT2D eigenvalue weighted by Gasteiger charge is 2.10. The summed E-state index contributed by atoms with van der Waals surface area (Å²) in [6, 6.07) is 3.88. The second-order valence-electron chi connectivity index (χ2n) is 5.76. The zero-order valence-electron chi connectivity index (χ0n) is 14.3. The number of aromatic nitrogens is 1. The third kappa shape index (κ3) is 5.72. The van der Waals surface area contributed by atoms with Crippen LogP contribution in [0.3, 0.4) is 0 Å². The van der Waals surface area contributed by atoms with Gasteiger partial charge in [-0.25, -0.2) is 9.98 Å². The van der Waals surface area contributed by atoms with E-state index >= 15 is 0 Å². The number of rotatable bonds is 8. The summed E-state index contributed by atoms with van der Waals surface area (Å²) in [5, 5.41) is 9.27. The number of aryl methyl sites for hydroxylation is 1. The minimum atomic E-state index is 0.409. The maximum Gasteiger partial charge on any atom is 0.232 e. The molecule has 0 fully saturated rings. The average Bonchev–Trinajstić information content (AvgIpc) is 2.49. The summed E-state index contributed by atoms with van der Waals surface area (Å²) in [5.41, 5.74) is 1.89. The van der Waals surface area contributed by atoms with E-state index in [-0.39, 0.29) is 0 Å². The second-order valence-corrected chi connectivity index (χ2v) is 5.76. The summed E-state index contributed by atoms with van der Waals surface area (Å²) in [6.07, 6.45) is 3.81. The Kier molecular flexibility index (Phi) is 7.38. The molecule has 0 aliphatic heterocycles. The molecular formula is C17H26N4O. The summed E-state index contributed by atoms with van der Waals surface area (Å²) in [7, 11) is 1.95. The molecule has 0 aromatic carbocycles. The van der Waals surface area contributed by atoms with Crippen LogP contribution in [0.15, 0.2) is 11.1 Å². The van der Waals surface area contributed by atoms with Gasteiger partial charge in [-0.2, -0.15) is 5.26 Å². The molecule has 1 heterocycles. The maximum atomic E-state index is 9.27. The number of pyridine rings is 1. The standard InChI is InChI=1S/C17H26N4O/c1-6-21(5)12-19-16-10-15(11-18)17(20-14(16)4)22-9-7-8-13(2)3/h10,12-13H,6-9H2,1-5H3. The van der Waals surface area contributed by atoms with Crippen molar-refractivity contribution >= 4 is 12.0 Å². The van der Waals surface area contributed by atoms with Crippen LogP contribution < -0.4 is 4.74 Å². The summed E-state index contributed by atoms with van der Waals surface area (Å²) in [6.45, 7) is 9.75. The molecule has 0 bridgehead atoms. The Morgan fingerprint density at radius 2 is 2.23 bits per heavy atom. The second kappa shape index (κ2) is 9.04. The smallest absolute Gasteiger partial charge is 0.232 e. The first-order valence-corrected chi connectivity index (χ1v) is 7.76. The lowest BCUT2D eigenvalue weighted by Gasteiger charge is -2.11. The Morgan fingerprint density at radius 1 is 1.50 bits per heavy atom. The molecule has 0 N–H and O–H groups in total. The number of ether oxygens (including phenoxy) is 1. The fourth-order valence-corrected chi connectivity index (χ4v) is 1.80. The fourth-order valence-electron chi connectivity index (χ4n) is 1.80. The Hall–Kier alpha value is -2.09. The van der Waals surface area contributed by atoms with Gasteiger partial charge >= 0.3 is 0 Å². The molecule has 0 saturated heterocycles. The molecule has 5 heteroatoms. The predicted molar refractivity (Wildman–Crippen MR) is 89.7 cm³/mol. The lowest BCUT2D eigenvalue weighted by molar-refractivity contribution is 0.286. The third-order valence-electron chi connectivity index (χ3n) is 3.33. The molecule has 22 heavy (non-hydrogen) atoms. The van der Waals surface area contributed by atoms with Crippen molar-refractivity contribution in [1.82, 2.24) is 9.88 Å². The van der Waals surface area contributed by atoms with E-state index in [0.717, 1.165) is 25.1 Å². The van der Waals surface area contributed by atoms with E-state index in [0.29, 0.717) is 29.7 Å². The number of hydrogen-bond acceptors (Lipinski definition) is 4. The molecule has 5 nitrogen and oxygen atoms in total. The molecule has 0 spiro atoms. The van der Waals surface area contributed by atoms with Crippen molar-refractivity contribution in [2.24, 2.45) is 10.9 Å². The van der Waals surface area contributed by atoms with Crippen molar-refractivity contribution in [3.05, 3.63) is 17.3 Å². The van der Waals surface area contributed by atoms with Gasteiger partial charge < -0.3 is 9.64 Å². The summed E-state index contributed by atoms with van der Waals surface area (Å²) in [5.74, 6) is 1.06. The molecule has 0 atom stereocenters. The molecule has 0 aliphatic rings. The van der Waals surface area contributed by atoms with Crippen molar-refractivity contribution in [3.63, 3.8) is 0 Å². The van der Waals surface area contributed by atoms with Gasteiger partial charge in [-0.15, -0.1) is 0 Å². The largest absolute Gasteiger partial charge is 0.477 e. The van der Waals surface area contributed by atoms with Gasteiger partial charge in [0, 0.05) is 13.6 Å². The normalized spacial score (nSPS) is 11.0. The Morgan fingerprint density at radius 3 is 2.82 bits per heavy atom. The van der Waals surface area contributed by atoms with E-state index in [1.54, 1.807) is 12.4 Å². The molecule has 0 amide bonds. The minimum Gasteiger partial charge on any atom is -0.477 e. The number of aliphatic imine (C=N–C) groups is 1. The van der Waals surface area contributed by atoms with E-state index < -0.39 is 0 Å². The van der Waals surface area contributed by atoms with Gasteiger partial charge in [0.15, 0.2) is 0 Å². The molecule has 0 radical (unpaired) electrons. The highest BCUT2D eigenvalue weighted by molar-refractivity contribution is 5.63. The van der Waals surface area contributed by atoms with Gasteiger partial charge in [0.2, 0.25) is 5.88 Å². The fraction of sp³-hybridized carbons (Fsp3) is 0.588. The maximum absolute atomic E-state index is 9.27. The van der Waals surface area contributed by atoms with Crippen molar-refractivity contribution < 1.29 is 4.74 Å². The van der Waals surface area contributed by atoms with Crippen LogP contribution in [0.1, 0.15) is 44.9 Å². The van der Waals surface area contributed by atoms with Crippen LogP contribution in [0.25, 0.3) is 0 Å². The van der Waals surface area contributed by atoms with Crippen LogP contribution >= 0.6 is 0 Å². The van der Waals surface area contributed by atoms with Crippen molar-refractivity contribution in [2.75, 3.05) is 20.2 Å². The number of nitrogens with zero attached hydrogens (tertiary/aromatic N) is 4. The topological polar surface area (TPSA) is 61.5 Å². The van der Waals surface area contributed by atoms with E-state index in [1.165, 1.54) is 0 Å². The van der Waals surface area contributed by atoms with E-state index in [9.17, 15) is 5.26 Å². The number of nitriles is 1. The molecule has 1 aromatic heterocycles. The zero-order valence-corrected chi connectivity index (χ0v) is 14.3. The third-order valence-corrected chi connectivity index (χ3v) is 3.33. The van der Waals surface area contributed by atoms with Gasteiger partial charge in [0.1, 0.15) is 11.6 Å². The highest BCUT2D eigenvalue weighted by Crippen LogP contribution is 2.25. The molecule has 1 rings (SSSR count). The van der Waals surface area contributed by atoms with Crippen LogP contribution in [0.5, 0.6) is 5.88 Å². The Bertz CT molecular complexity index is 546. The van der Waals surface area contributed by atoms with Gasteiger partial charge in [-0.05, 0) is 38.7 Å². The minimum absolute atomic E-state index is 0.409. The average molecular weight is 302 g/mol. The first-order valence-electron chi connectivity index (χ1n) is 7.76. The van der Waals surface area contributed by atoms with E-state index in [4.69, 9.17) is 4.74 Å². The van der Waals surface area contributed by atoms with Crippen LogP contribution in [-0.4, -0.2) is 36.4 Å². The van der Waals surface area contributed by atoms with Crippen LogP contribution in [0, 0.1) is 24.2 Å². The summed E-state index contributed by atoms with van der Waals surface area (Å²) >= 11 is 0. The molecule has 0 unspecified atom stereocenters. The van der Waals surface area contributed by atoms with Crippen molar-refractivity contribution in [1.29, 1.82) is 5.26 Å². The molecule has 1 aromatic rings. The summed E-state index contributed by atoms with van der Waals surface area (Å²) in [4.78, 5) is 10.7. The molecule has 0 saturated carbocycles. The monoisotopic (exact) mass is 302 g/mol. The lowest BCUT2D eigenvalue weighted by atomic mass is 10.1. The van der Waals surface area contributed by atoms with Crippen molar-refractivity contribution in [2.45, 2.75) is 40.5 Å². The predicted octanol–water partition coefficient (Wildman–Crippen LogP) is 3.69. The summed E-state index contributed by atoms with van der Waals surface area (Å²) < 4.78 is 5.67. The number of hydrogen-bond donors (Lipinski definition) is 0. The molecule has 0 aliphatic carbocycles. The first kappa shape index (κ1) is 18.0. The Labute approximate surface area is 133 Å². The van der Waals surface area contributed by atoms with Crippen LogP contribution in [0.4, 0.5) is 5.69 Å². The first-order chi connectivity index (χ1) is 10.5. The zero-order chi connectivity index (χ0) is 16.5. The van der Waals surface area contributed by atoms with Gasteiger partial charge in [-0.3, -0.25) is 0 Å². The van der Waals surface area contributed by atoms with E-state index in [2.05, 4.69) is 29.9 Å². The van der Waals surface area contributed by atoms with Gasteiger partial charge in [0.25, 0.3) is 0 Å². The lowest BCUT2D eigenvalue weighted by Crippen LogP contribution is -2.14. The van der Waals surface area contributed by atoms with Crippen LogP contribution in [-0.2, 0) is 0 Å². The van der Waals surface area contributed by atoms with Gasteiger partial charge in [0.05, 0.1) is 24.3 Å². The molecule has 120 valence electrons. The van der Waals surface area contributed by atoms with Crippen molar-refractivity contribution in [3.8, 4) is 11.9 Å². The Balaban J connectivity index is 2.82.